The Morgan fingerprint density at radius 1 is 0.759 bits per heavy atom. The van der Waals surface area contributed by atoms with Crippen LogP contribution in [0.25, 0.3) is 22.8 Å². The molecule has 2 atom stereocenters. The minimum Gasteiger partial charge on any atom is -0.381 e. The molecule has 2 aromatic carbocycles. The van der Waals surface area contributed by atoms with Crippen molar-refractivity contribution in [2.24, 2.45) is 11.5 Å². The number of nitrogens with two attached hydrogens (primary N) is 2. The van der Waals surface area contributed by atoms with Gasteiger partial charge >= 0.3 is 0 Å². The molecule has 2 aliphatic carbocycles. The highest BCUT2D eigenvalue weighted by atomic mass is 19.1. The largest absolute Gasteiger partial charge is 0.381 e. The Morgan fingerprint density at radius 2 is 1.13 bits per heavy atom. The predicted molar refractivity (Wildman–Crippen MR) is 193 cm³/mol. The van der Waals surface area contributed by atoms with E-state index in [1.807, 2.05) is 9.13 Å². The van der Waals surface area contributed by atoms with Crippen LogP contribution in [-0.4, -0.2) is 79.8 Å². The number of carbonyl (C=O) groups excluding carboxylic acids is 2. The van der Waals surface area contributed by atoms with Crippen molar-refractivity contribution in [3.63, 3.8) is 0 Å². The van der Waals surface area contributed by atoms with E-state index in [0.29, 0.717) is 11.6 Å². The van der Waals surface area contributed by atoms with Crippen LogP contribution in [0.2, 0.25) is 0 Å². The number of aromatic nitrogens is 4. The van der Waals surface area contributed by atoms with Crippen molar-refractivity contribution in [3.05, 3.63) is 81.9 Å². The molecule has 2 aromatic heterocycles. The number of carbonyl (C=O) groups is 2. The van der Waals surface area contributed by atoms with E-state index in [0.717, 1.165) is 47.9 Å². The summed E-state index contributed by atoms with van der Waals surface area (Å²) in [4.78, 5) is 31.9. The summed E-state index contributed by atoms with van der Waals surface area (Å²) in [5.41, 5.74) is 12.0. The molecular formula is C40H40F2N6O6. The van der Waals surface area contributed by atoms with Crippen molar-refractivity contribution in [2.45, 2.75) is 74.7 Å². The highest BCUT2D eigenvalue weighted by molar-refractivity contribution is 5.92. The second-order valence-electron chi connectivity index (χ2n) is 14.8. The van der Waals surface area contributed by atoms with Crippen LogP contribution >= 0.6 is 0 Å². The molecule has 0 saturated heterocycles. The summed E-state index contributed by atoms with van der Waals surface area (Å²) in [6.07, 6.45) is 6.85. The molecule has 280 valence electrons. The summed E-state index contributed by atoms with van der Waals surface area (Å²) < 4.78 is 43.1. The normalized spacial score (nSPS) is 21.6. The van der Waals surface area contributed by atoms with Gasteiger partial charge in [0.25, 0.3) is 11.8 Å². The number of primary amides is 2. The third-order valence-corrected chi connectivity index (χ3v) is 10.4. The van der Waals surface area contributed by atoms with E-state index in [4.69, 9.17) is 20.9 Å². The van der Waals surface area contributed by atoms with Gasteiger partial charge in [0, 0.05) is 49.8 Å². The zero-order valence-electron chi connectivity index (χ0n) is 30.2. The van der Waals surface area contributed by atoms with Gasteiger partial charge in [0.1, 0.15) is 45.9 Å². The summed E-state index contributed by atoms with van der Waals surface area (Å²) in [7, 11) is 2.92. The first-order valence-corrected chi connectivity index (χ1v) is 17.5. The smallest absolute Gasteiger partial charge is 0.268 e. The van der Waals surface area contributed by atoms with Crippen LogP contribution in [0, 0.1) is 35.3 Å². The number of amides is 2. The first-order chi connectivity index (χ1) is 25.6. The Labute approximate surface area is 310 Å². The monoisotopic (exact) mass is 738 g/mol. The number of nitrogens with zero attached hydrogens (tertiary/aromatic N) is 4. The van der Waals surface area contributed by atoms with E-state index in [2.05, 4.69) is 33.6 Å². The molecule has 2 saturated carbocycles. The van der Waals surface area contributed by atoms with Crippen molar-refractivity contribution in [2.75, 3.05) is 27.4 Å². The van der Waals surface area contributed by atoms with Gasteiger partial charge < -0.3 is 40.3 Å². The quantitative estimate of drug-likeness (QED) is 0.215. The number of aliphatic hydroxyl groups is 2. The Hall–Kier alpha value is -5.38. The van der Waals surface area contributed by atoms with Gasteiger partial charge in [0.15, 0.2) is 0 Å². The Bertz CT molecular complexity index is 2150. The van der Waals surface area contributed by atoms with Gasteiger partial charge in [0.05, 0.1) is 24.3 Å². The third kappa shape index (κ3) is 6.90. The Kier molecular flexibility index (Phi) is 9.44. The van der Waals surface area contributed by atoms with Crippen molar-refractivity contribution in [1.82, 2.24) is 19.1 Å². The van der Waals surface area contributed by atoms with Gasteiger partial charge in [-0.3, -0.25) is 9.59 Å². The second kappa shape index (κ2) is 13.8. The van der Waals surface area contributed by atoms with Gasteiger partial charge in [-0.25, -0.2) is 18.7 Å². The number of halogens is 2. The van der Waals surface area contributed by atoms with Gasteiger partial charge in [-0.2, -0.15) is 0 Å². The van der Waals surface area contributed by atoms with E-state index in [9.17, 15) is 28.6 Å². The fourth-order valence-corrected chi connectivity index (χ4v) is 7.59. The molecule has 6 heterocycles. The van der Waals surface area contributed by atoms with Crippen molar-refractivity contribution in [1.29, 1.82) is 0 Å². The molecule has 10 rings (SSSR count). The van der Waals surface area contributed by atoms with E-state index in [1.165, 1.54) is 40.2 Å². The summed E-state index contributed by atoms with van der Waals surface area (Å²) >= 11 is 0. The van der Waals surface area contributed by atoms with Crippen LogP contribution in [0.4, 0.5) is 8.78 Å². The molecule has 4 aromatic rings. The maximum atomic E-state index is 14.7. The molecule has 2 amide bonds. The van der Waals surface area contributed by atoms with Gasteiger partial charge in [-0.05, 0) is 86.8 Å². The first kappa shape index (κ1) is 37.0. The molecule has 0 radical (unpaired) electrons. The number of ether oxygens (including phenoxy) is 2. The Morgan fingerprint density at radius 3 is 1.46 bits per heavy atom. The molecule has 4 bridgehead atoms. The zero-order chi connectivity index (χ0) is 38.7. The van der Waals surface area contributed by atoms with Crippen LogP contribution < -0.4 is 11.5 Å². The number of hydrogen-bond donors (Lipinski definition) is 4. The number of imidazole rings is 2. The van der Waals surface area contributed by atoms with E-state index >= 15 is 0 Å². The lowest BCUT2D eigenvalue weighted by atomic mass is 9.75. The number of methoxy groups -OCH3 is 2. The topological polar surface area (TPSA) is 181 Å². The lowest BCUT2D eigenvalue weighted by Crippen LogP contribution is -2.27. The SMILES string of the molecule is COC[C@@](C)(O)C#Cc1cc2c(cc1F)C1CC(C1)n1cc(C(N)=O)nc1-2.COC[C@](C)(O)C#Cc1cc2c(cc1F)C1CC(C1)n1cc(C(N)=O)nc1-2. The minimum atomic E-state index is -1.38. The van der Waals surface area contributed by atoms with Crippen LogP contribution in [-0.2, 0) is 9.47 Å². The highest BCUT2D eigenvalue weighted by Crippen LogP contribution is 2.53. The van der Waals surface area contributed by atoms with Crippen molar-refractivity contribution in [3.8, 4) is 46.5 Å². The van der Waals surface area contributed by atoms with E-state index < -0.39 is 34.7 Å². The molecule has 6 N–H and O–H groups in total. The van der Waals surface area contributed by atoms with Crippen LogP contribution in [0.3, 0.4) is 0 Å². The fraction of sp³-hybridized carbons (Fsp3) is 0.400. The molecule has 0 spiro atoms. The molecular weight excluding hydrogens is 698 g/mol. The highest BCUT2D eigenvalue weighted by Gasteiger charge is 2.41. The molecule has 6 aliphatic rings. The van der Waals surface area contributed by atoms with Crippen LogP contribution in [0.5, 0.6) is 0 Å². The lowest BCUT2D eigenvalue weighted by molar-refractivity contribution is 0.0272. The van der Waals surface area contributed by atoms with Crippen LogP contribution in [0.15, 0.2) is 36.7 Å². The average molecular weight is 739 g/mol. The molecule has 0 unspecified atom stereocenters. The second-order valence-corrected chi connectivity index (χ2v) is 14.8. The Balaban J connectivity index is 0.000000167. The first-order valence-electron chi connectivity index (χ1n) is 17.5. The molecule has 54 heavy (non-hydrogen) atoms. The zero-order valence-corrected chi connectivity index (χ0v) is 30.2. The maximum absolute atomic E-state index is 14.7. The summed E-state index contributed by atoms with van der Waals surface area (Å²) in [5, 5.41) is 20.3. The number of rotatable bonds is 6. The van der Waals surface area contributed by atoms with Crippen LogP contribution in [0.1, 0.15) is 107 Å². The van der Waals surface area contributed by atoms with Crippen molar-refractivity contribution < 1.29 is 38.1 Å². The van der Waals surface area contributed by atoms with Crippen molar-refractivity contribution >= 4 is 11.8 Å². The fourth-order valence-electron chi connectivity index (χ4n) is 7.59. The number of hydrogen-bond acceptors (Lipinski definition) is 8. The molecule has 14 heteroatoms. The van der Waals surface area contributed by atoms with E-state index in [-0.39, 0.29) is 59.6 Å². The minimum absolute atomic E-state index is 0.0166. The average Bonchev–Trinajstić information content (AvgIpc) is 3.58. The standard InChI is InChI=1S/2C20H20FN3O3/c2*1-20(26,10-27-2)4-3-11-7-15-14(8-16(11)21)12-5-13(6-12)24-9-17(18(22)25)23-19(15)24/h2*7-9,12-13,26H,5-6,10H2,1-2H3,(H2,22,25)/t2*12?,13?,20-/m10/s1. The van der Waals surface area contributed by atoms with Gasteiger partial charge in [-0.15, -0.1) is 0 Å². The number of benzene rings is 2. The summed E-state index contributed by atoms with van der Waals surface area (Å²) in [5.74, 6) is 10.4. The lowest BCUT2D eigenvalue weighted by Gasteiger charge is -2.34. The predicted octanol–water partition coefficient (Wildman–Crippen LogP) is 3.94. The van der Waals surface area contributed by atoms with Gasteiger partial charge in [0.2, 0.25) is 0 Å². The molecule has 12 nitrogen and oxygen atoms in total. The maximum Gasteiger partial charge on any atom is 0.268 e. The third-order valence-electron chi connectivity index (χ3n) is 10.4. The summed E-state index contributed by atoms with van der Waals surface area (Å²) in [6, 6.07) is 6.76. The summed E-state index contributed by atoms with van der Waals surface area (Å²) in [6.45, 7) is 3.04. The molecule has 4 aliphatic heterocycles. The van der Waals surface area contributed by atoms with Gasteiger partial charge in [-0.1, -0.05) is 23.7 Å². The molecule has 2 fully saturated rings. The van der Waals surface area contributed by atoms with E-state index in [1.54, 1.807) is 24.5 Å².